The van der Waals surface area contributed by atoms with Gasteiger partial charge in [-0.2, -0.15) is 0 Å². The fourth-order valence-corrected chi connectivity index (χ4v) is 4.37. The lowest BCUT2D eigenvalue weighted by Crippen LogP contribution is -2.40. The molecule has 2 aromatic heterocycles. The number of rotatable bonds is 10. The Kier molecular flexibility index (Phi) is 7.91. The van der Waals surface area contributed by atoms with Crippen molar-refractivity contribution in [3.63, 3.8) is 0 Å². The summed E-state index contributed by atoms with van der Waals surface area (Å²) in [6.07, 6.45) is 1.46. The van der Waals surface area contributed by atoms with Gasteiger partial charge in [-0.1, -0.05) is 16.8 Å². The Morgan fingerprint density at radius 3 is 2.66 bits per heavy atom. The third kappa shape index (κ3) is 5.59. The summed E-state index contributed by atoms with van der Waals surface area (Å²) in [6.45, 7) is 6.34. The number of benzene rings is 1. The summed E-state index contributed by atoms with van der Waals surface area (Å²) in [6, 6.07) is 5.57. The van der Waals surface area contributed by atoms with E-state index in [1.165, 1.54) is 0 Å². The van der Waals surface area contributed by atoms with E-state index in [1.807, 2.05) is 20.8 Å². The molecular weight excluding hydrogens is 470 g/mol. The largest absolute Gasteiger partial charge is 0.491 e. The van der Waals surface area contributed by atoms with Crippen LogP contribution in [0.2, 0.25) is 5.02 Å². The molecule has 9 nitrogen and oxygen atoms in total. The second kappa shape index (κ2) is 10.9. The minimum Gasteiger partial charge on any atom is -0.491 e. The normalized spacial score (nSPS) is 18.3. The number of aliphatic hydroxyl groups excluding tert-OH is 1. The topological polar surface area (TPSA) is 115 Å². The monoisotopic (exact) mass is 501 g/mol. The Balaban J connectivity index is 1.73. The predicted molar refractivity (Wildman–Crippen MR) is 135 cm³/mol. The highest BCUT2D eigenvalue weighted by Crippen LogP contribution is 2.37. The first-order valence-electron chi connectivity index (χ1n) is 11.7. The summed E-state index contributed by atoms with van der Waals surface area (Å²) in [5, 5.41) is 21.1. The fraction of sp³-hybridized carbons (Fsp3) is 0.480. The fourth-order valence-electron chi connectivity index (χ4n) is 4.16. The molecule has 0 radical (unpaired) electrons. The molecule has 1 saturated carbocycles. The number of anilines is 1. The number of aromatic nitrogens is 3. The van der Waals surface area contributed by atoms with E-state index in [4.69, 9.17) is 35.6 Å². The van der Waals surface area contributed by atoms with E-state index in [2.05, 4.69) is 15.8 Å². The van der Waals surface area contributed by atoms with E-state index in [9.17, 15) is 5.11 Å². The van der Waals surface area contributed by atoms with Crippen LogP contribution in [0.15, 0.2) is 22.7 Å². The Morgan fingerprint density at radius 1 is 1.23 bits per heavy atom. The molecule has 188 valence electrons. The number of nitrogens with zero attached hydrogens (tertiary/aromatic N) is 3. The molecule has 0 saturated heterocycles. The highest BCUT2D eigenvalue weighted by atomic mass is 35.5. The summed E-state index contributed by atoms with van der Waals surface area (Å²) in [4.78, 5) is 9.76. The second-order valence-corrected chi connectivity index (χ2v) is 9.31. The SMILES string of the molecule is CNC[C@@H](O)COc1ccc(Cl)c(-c2nc(N[C@H]3C[C@H](OC)C3)c(C)c(-c3c(C)noc3C)n2)c1. The van der Waals surface area contributed by atoms with Crippen LogP contribution in [0.3, 0.4) is 0 Å². The molecule has 0 unspecified atom stereocenters. The maximum absolute atomic E-state index is 9.99. The van der Waals surface area contributed by atoms with Gasteiger partial charge in [0.1, 0.15) is 30.0 Å². The zero-order chi connectivity index (χ0) is 25.1. The van der Waals surface area contributed by atoms with Crippen LogP contribution in [0.4, 0.5) is 5.82 Å². The van der Waals surface area contributed by atoms with Gasteiger partial charge in [0.2, 0.25) is 0 Å². The molecule has 0 aliphatic heterocycles. The maximum Gasteiger partial charge on any atom is 0.163 e. The molecule has 1 aliphatic rings. The minimum atomic E-state index is -0.630. The first-order chi connectivity index (χ1) is 16.8. The standard InChI is InChI=1S/C25H32ClN5O4/c1-13-23(22-14(2)31-35-15(22)3)29-25(30-24(13)28-16-8-19(9-16)33-5)20-10-18(6-7-21(20)26)34-12-17(32)11-27-4/h6-7,10,16-17,19,27,32H,8-9,11-12H2,1-5H3,(H,28,29,30)/t16-,17-,19-/m1/s1. The van der Waals surface area contributed by atoms with Gasteiger partial charge in [0, 0.05) is 30.8 Å². The van der Waals surface area contributed by atoms with Crippen molar-refractivity contribution in [2.45, 2.75) is 51.9 Å². The number of methoxy groups -OCH3 is 1. The number of hydrogen-bond acceptors (Lipinski definition) is 9. The van der Waals surface area contributed by atoms with Crippen molar-refractivity contribution in [1.82, 2.24) is 20.4 Å². The number of halogens is 1. The molecule has 4 rings (SSSR count). The van der Waals surface area contributed by atoms with E-state index in [1.54, 1.807) is 32.4 Å². The number of aliphatic hydroxyl groups is 1. The number of hydrogen-bond donors (Lipinski definition) is 3. The Hall–Kier alpha value is -2.72. The Bertz CT molecular complexity index is 1160. The molecule has 35 heavy (non-hydrogen) atoms. The first-order valence-corrected chi connectivity index (χ1v) is 12.0. The molecule has 3 aromatic rings. The van der Waals surface area contributed by atoms with Crippen LogP contribution < -0.4 is 15.4 Å². The average Bonchev–Trinajstić information content (AvgIpc) is 3.14. The van der Waals surface area contributed by atoms with E-state index >= 15 is 0 Å². The van der Waals surface area contributed by atoms with Crippen molar-refractivity contribution in [3.8, 4) is 28.4 Å². The molecule has 1 aromatic carbocycles. The molecule has 0 bridgehead atoms. The van der Waals surface area contributed by atoms with Crippen molar-refractivity contribution < 1.29 is 19.1 Å². The first kappa shape index (κ1) is 25.4. The van der Waals surface area contributed by atoms with Gasteiger partial charge in [-0.15, -0.1) is 0 Å². The second-order valence-electron chi connectivity index (χ2n) is 8.90. The van der Waals surface area contributed by atoms with Gasteiger partial charge < -0.3 is 29.7 Å². The smallest absolute Gasteiger partial charge is 0.163 e. The van der Waals surface area contributed by atoms with Gasteiger partial charge in [0.15, 0.2) is 5.82 Å². The third-order valence-electron chi connectivity index (χ3n) is 6.25. The number of likely N-dealkylation sites (N-methyl/N-ethyl adjacent to an activating group) is 1. The highest BCUT2D eigenvalue weighted by Gasteiger charge is 2.30. The van der Waals surface area contributed by atoms with E-state index in [0.717, 1.165) is 41.2 Å². The van der Waals surface area contributed by atoms with Crippen molar-refractivity contribution in [2.75, 3.05) is 32.6 Å². The highest BCUT2D eigenvalue weighted by molar-refractivity contribution is 6.33. The molecule has 0 amide bonds. The van der Waals surface area contributed by atoms with E-state index in [0.29, 0.717) is 34.5 Å². The number of ether oxygens (including phenoxy) is 2. The summed E-state index contributed by atoms with van der Waals surface area (Å²) >= 11 is 6.59. The van der Waals surface area contributed by atoms with Crippen LogP contribution in [-0.4, -0.2) is 65.8 Å². The van der Waals surface area contributed by atoms with Gasteiger partial charge in [-0.05, 0) is 58.9 Å². The number of nitrogens with one attached hydrogen (secondary N) is 2. The minimum absolute atomic E-state index is 0.149. The van der Waals surface area contributed by atoms with Crippen molar-refractivity contribution in [3.05, 3.63) is 40.2 Å². The zero-order valence-corrected chi connectivity index (χ0v) is 21.4. The van der Waals surface area contributed by atoms with Crippen LogP contribution in [0, 0.1) is 20.8 Å². The molecule has 0 spiro atoms. The lowest BCUT2D eigenvalue weighted by atomic mass is 9.89. The summed E-state index contributed by atoms with van der Waals surface area (Å²) < 4.78 is 16.6. The quantitative estimate of drug-likeness (QED) is 0.380. The molecule has 3 N–H and O–H groups in total. The van der Waals surface area contributed by atoms with Gasteiger partial charge in [0.05, 0.1) is 28.1 Å². The van der Waals surface area contributed by atoms with Crippen molar-refractivity contribution in [1.29, 1.82) is 0 Å². The van der Waals surface area contributed by atoms with Crippen LogP contribution in [0.1, 0.15) is 29.9 Å². The van der Waals surface area contributed by atoms with Crippen LogP contribution in [0.25, 0.3) is 22.6 Å². The van der Waals surface area contributed by atoms with Crippen molar-refractivity contribution >= 4 is 17.4 Å². The molecule has 1 fully saturated rings. The van der Waals surface area contributed by atoms with Gasteiger partial charge >= 0.3 is 0 Å². The molecule has 10 heteroatoms. The molecule has 2 heterocycles. The summed E-state index contributed by atoms with van der Waals surface area (Å²) in [5.41, 5.74) is 3.87. The van der Waals surface area contributed by atoms with Gasteiger partial charge in [0.25, 0.3) is 0 Å². The number of aryl methyl sites for hydroxylation is 2. The molecule has 1 atom stereocenters. The van der Waals surface area contributed by atoms with Crippen LogP contribution in [0.5, 0.6) is 5.75 Å². The Morgan fingerprint density at radius 2 is 2.00 bits per heavy atom. The van der Waals surface area contributed by atoms with E-state index in [-0.39, 0.29) is 18.8 Å². The maximum atomic E-state index is 9.99. The van der Waals surface area contributed by atoms with Gasteiger partial charge in [-0.3, -0.25) is 0 Å². The zero-order valence-electron chi connectivity index (χ0n) is 20.7. The summed E-state index contributed by atoms with van der Waals surface area (Å²) in [5.74, 6) is 2.45. The molecule has 1 aliphatic carbocycles. The van der Waals surface area contributed by atoms with Crippen LogP contribution in [-0.2, 0) is 4.74 Å². The van der Waals surface area contributed by atoms with E-state index < -0.39 is 6.10 Å². The predicted octanol–water partition coefficient (Wildman–Crippen LogP) is 3.93. The Labute approximate surface area is 210 Å². The van der Waals surface area contributed by atoms with Gasteiger partial charge in [-0.25, -0.2) is 9.97 Å². The lowest BCUT2D eigenvalue weighted by molar-refractivity contribution is 0.0328. The average molecular weight is 502 g/mol. The third-order valence-corrected chi connectivity index (χ3v) is 6.58. The lowest BCUT2D eigenvalue weighted by Gasteiger charge is -2.35. The van der Waals surface area contributed by atoms with Crippen molar-refractivity contribution in [2.24, 2.45) is 0 Å². The van der Waals surface area contributed by atoms with Crippen LogP contribution >= 0.6 is 11.6 Å². The molecular formula is C25H32ClN5O4. The summed E-state index contributed by atoms with van der Waals surface area (Å²) in [7, 11) is 3.51.